The number of carbonyl (C=O) groups excluding carboxylic acids is 1. The molecule has 0 unspecified atom stereocenters. The van der Waals surface area contributed by atoms with Crippen molar-refractivity contribution < 1.29 is 31.8 Å². The maximum absolute atomic E-state index is 12.9. The summed E-state index contributed by atoms with van der Waals surface area (Å²) in [5.74, 6) is 0.0460. The van der Waals surface area contributed by atoms with Crippen LogP contribution in [0.15, 0.2) is 53.4 Å². The van der Waals surface area contributed by atoms with Gasteiger partial charge in [-0.25, -0.2) is 12.8 Å². The van der Waals surface area contributed by atoms with Crippen LogP contribution in [-0.2, 0) is 19.6 Å². The molecule has 0 N–H and O–H groups in total. The van der Waals surface area contributed by atoms with Crippen molar-refractivity contribution in [1.29, 1.82) is 0 Å². The highest BCUT2D eigenvalue weighted by atomic mass is 32.2. The molecule has 2 aromatic carbocycles. The molecule has 1 aliphatic rings. The molecule has 7 nitrogen and oxygen atoms in total. The molecule has 0 aliphatic carbocycles. The molecule has 0 atom stereocenters. The summed E-state index contributed by atoms with van der Waals surface area (Å²) in [7, 11) is -3.62. The molecule has 31 heavy (non-hydrogen) atoms. The van der Waals surface area contributed by atoms with Crippen molar-refractivity contribution in [2.75, 3.05) is 32.9 Å². The SMILES string of the molecule is CCOc1ccc(S(=O)(=O)N2CCC(C(=O)OCCOc3ccc(F)cc3)CC2)cc1. The second-order valence-corrected chi connectivity index (χ2v) is 8.99. The Hall–Kier alpha value is -2.65. The first-order chi connectivity index (χ1) is 14.9. The Bertz CT molecular complexity index is 955. The number of carbonyl (C=O) groups is 1. The predicted molar refractivity (Wildman–Crippen MR) is 112 cm³/mol. The van der Waals surface area contributed by atoms with Gasteiger partial charge in [0, 0.05) is 13.1 Å². The summed E-state index contributed by atoms with van der Waals surface area (Å²) >= 11 is 0. The van der Waals surface area contributed by atoms with E-state index in [0.29, 0.717) is 30.9 Å². The van der Waals surface area contributed by atoms with Crippen LogP contribution in [0.25, 0.3) is 0 Å². The van der Waals surface area contributed by atoms with Gasteiger partial charge in [0.05, 0.1) is 17.4 Å². The number of sulfonamides is 1. The summed E-state index contributed by atoms with van der Waals surface area (Å²) in [5, 5.41) is 0. The van der Waals surface area contributed by atoms with Crippen molar-refractivity contribution in [3.05, 3.63) is 54.3 Å². The molecule has 168 valence electrons. The van der Waals surface area contributed by atoms with Gasteiger partial charge in [-0.2, -0.15) is 4.31 Å². The van der Waals surface area contributed by atoms with Gasteiger partial charge in [-0.05, 0) is 68.3 Å². The molecule has 1 fully saturated rings. The molecule has 1 aliphatic heterocycles. The molecule has 0 spiro atoms. The number of benzene rings is 2. The molecular formula is C22H26FNO6S. The standard InChI is InChI=1S/C22H26FNO6S/c1-2-28-19-7-9-21(10-8-19)31(26,27)24-13-11-17(12-14-24)22(25)30-16-15-29-20-5-3-18(23)4-6-20/h3-10,17H,2,11-16H2,1H3. The first-order valence-electron chi connectivity index (χ1n) is 10.2. The summed E-state index contributed by atoms with van der Waals surface area (Å²) in [6.07, 6.45) is 0.793. The third-order valence-corrected chi connectivity index (χ3v) is 6.88. The number of piperidine rings is 1. The number of rotatable bonds is 9. The Morgan fingerprint density at radius 1 is 0.968 bits per heavy atom. The zero-order chi connectivity index (χ0) is 22.3. The number of hydrogen-bond acceptors (Lipinski definition) is 6. The first kappa shape index (κ1) is 23.0. The van der Waals surface area contributed by atoms with Gasteiger partial charge in [-0.3, -0.25) is 4.79 Å². The summed E-state index contributed by atoms with van der Waals surface area (Å²) in [4.78, 5) is 12.5. The van der Waals surface area contributed by atoms with Crippen LogP contribution in [0.1, 0.15) is 19.8 Å². The van der Waals surface area contributed by atoms with Gasteiger partial charge in [0.2, 0.25) is 10.0 Å². The number of nitrogens with zero attached hydrogens (tertiary/aromatic N) is 1. The number of ether oxygens (including phenoxy) is 3. The lowest BCUT2D eigenvalue weighted by Crippen LogP contribution is -2.40. The highest BCUT2D eigenvalue weighted by molar-refractivity contribution is 7.89. The third kappa shape index (κ3) is 6.18. The van der Waals surface area contributed by atoms with Crippen LogP contribution in [0, 0.1) is 11.7 Å². The Kier molecular flexibility index (Phi) is 7.86. The van der Waals surface area contributed by atoms with Crippen LogP contribution >= 0.6 is 0 Å². The van der Waals surface area contributed by atoms with E-state index in [2.05, 4.69) is 0 Å². The quantitative estimate of drug-likeness (QED) is 0.430. The van der Waals surface area contributed by atoms with Gasteiger partial charge in [-0.15, -0.1) is 0 Å². The Labute approximate surface area is 181 Å². The van der Waals surface area contributed by atoms with Crippen LogP contribution in [0.4, 0.5) is 4.39 Å². The maximum Gasteiger partial charge on any atom is 0.309 e. The monoisotopic (exact) mass is 451 g/mol. The molecule has 3 rings (SSSR count). The minimum Gasteiger partial charge on any atom is -0.494 e. The minimum absolute atomic E-state index is 0.0703. The Morgan fingerprint density at radius 3 is 2.16 bits per heavy atom. The lowest BCUT2D eigenvalue weighted by molar-refractivity contribution is -0.150. The van der Waals surface area contributed by atoms with E-state index in [1.54, 1.807) is 12.1 Å². The fourth-order valence-electron chi connectivity index (χ4n) is 3.31. The fraction of sp³-hybridized carbons (Fsp3) is 0.409. The second kappa shape index (κ2) is 10.6. The number of halogens is 1. The maximum atomic E-state index is 12.9. The average Bonchev–Trinajstić information content (AvgIpc) is 2.78. The smallest absolute Gasteiger partial charge is 0.309 e. The predicted octanol–water partition coefficient (Wildman–Crippen LogP) is 3.25. The topological polar surface area (TPSA) is 82.1 Å². The lowest BCUT2D eigenvalue weighted by Gasteiger charge is -2.30. The summed E-state index contributed by atoms with van der Waals surface area (Å²) in [5.41, 5.74) is 0. The zero-order valence-corrected chi connectivity index (χ0v) is 18.1. The average molecular weight is 452 g/mol. The molecule has 2 aromatic rings. The lowest BCUT2D eigenvalue weighted by atomic mass is 9.98. The number of esters is 1. The van der Waals surface area contributed by atoms with Gasteiger partial charge in [0.1, 0.15) is 30.5 Å². The summed E-state index contributed by atoms with van der Waals surface area (Å²) < 4.78 is 55.9. The van der Waals surface area contributed by atoms with Crippen LogP contribution in [-0.4, -0.2) is 51.6 Å². The number of hydrogen-bond donors (Lipinski definition) is 0. The Balaban J connectivity index is 1.43. The van der Waals surface area contributed by atoms with Crippen LogP contribution < -0.4 is 9.47 Å². The second-order valence-electron chi connectivity index (χ2n) is 7.05. The van der Waals surface area contributed by atoms with Crippen LogP contribution in [0.3, 0.4) is 0 Å². The van der Waals surface area contributed by atoms with Crippen molar-refractivity contribution in [3.8, 4) is 11.5 Å². The van der Waals surface area contributed by atoms with E-state index in [9.17, 15) is 17.6 Å². The van der Waals surface area contributed by atoms with Crippen molar-refractivity contribution >= 4 is 16.0 Å². The normalized spacial score (nSPS) is 15.4. The Morgan fingerprint density at radius 2 is 1.55 bits per heavy atom. The van der Waals surface area contributed by atoms with E-state index in [1.165, 1.54) is 40.7 Å². The van der Waals surface area contributed by atoms with Crippen LogP contribution in [0.2, 0.25) is 0 Å². The van der Waals surface area contributed by atoms with Gasteiger partial charge in [-0.1, -0.05) is 0 Å². The van der Waals surface area contributed by atoms with Crippen LogP contribution in [0.5, 0.6) is 11.5 Å². The zero-order valence-electron chi connectivity index (χ0n) is 17.3. The van der Waals surface area contributed by atoms with Crippen molar-refractivity contribution in [3.63, 3.8) is 0 Å². The van der Waals surface area contributed by atoms with E-state index >= 15 is 0 Å². The highest BCUT2D eigenvalue weighted by Crippen LogP contribution is 2.26. The van der Waals surface area contributed by atoms with E-state index in [1.807, 2.05) is 6.92 Å². The van der Waals surface area contributed by atoms with Crippen molar-refractivity contribution in [2.45, 2.75) is 24.7 Å². The first-order valence-corrected chi connectivity index (χ1v) is 11.6. The molecule has 0 bridgehead atoms. The van der Waals surface area contributed by atoms with E-state index < -0.39 is 10.0 Å². The van der Waals surface area contributed by atoms with Gasteiger partial charge in [0.25, 0.3) is 0 Å². The van der Waals surface area contributed by atoms with E-state index in [-0.39, 0.29) is 48.9 Å². The molecule has 0 aromatic heterocycles. The molecular weight excluding hydrogens is 425 g/mol. The molecule has 0 radical (unpaired) electrons. The van der Waals surface area contributed by atoms with Gasteiger partial charge >= 0.3 is 5.97 Å². The van der Waals surface area contributed by atoms with Gasteiger partial charge < -0.3 is 14.2 Å². The molecule has 0 saturated carbocycles. The third-order valence-electron chi connectivity index (χ3n) is 4.97. The fourth-order valence-corrected chi connectivity index (χ4v) is 4.78. The molecule has 1 heterocycles. The highest BCUT2D eigenvalue weighted by Gasteiger charge is 2.32. The minimum atomic E-state index is -3.62. The summed E-state index contributed by atoms with van der Waals surface area (Å²) in [6.45, 7) is 3.10. The van der Waals surface area contributed by atoms with Crippen molar-refractivity contribution in [1.82, 2.24) is 4.31 Å². The molecule has 0 amide bonds. The van der Waals surface area contributed by atoms with E-state index in [4.69, 9.17) is 14.2 Å². The molecule has 9 heteroatoms. The molecule has 1 saturated heterocycles. The van der Waals surface area contributed by atoms with E-state index in [0.717, 1.165) is 0 Å². The van der Waals surface area contributed by atoms with Gasteiger partial charge in [0.15, 0.2) is 0 Å². The summed E-state index contributed by atoms with van der Waals surface area (Å²) in [6, 6.07) is 11.9. The largest absolute Gasteiger partial charge is 0.494 e. The van der Waals surface area contributed by atoms with Crippen molar-refractivity contribution in [2.24, 2.45) is 5.92 Å².